The lowest BCUT2D eigenvalue weighted by atomic mass is 9.47. The Labute approximate surface area is 182 Å². The van der Waals surface area contributed by atoms with Gasteiger partial charge >= 0.3 is 5.97 Å². The zero-order valence-corrected chi connectivity index (χ0v) is 18.9. The van der Waals surface area contributed by atoms with Crippen LogP contribution in [0.15, 0.2) is 23.8 Å². The number of halogens is 1. The number of alkyl halides is 1. The van der Waals surface area contributed by atoms with Crippen LogP contribution in [-0.2, 0) is 19.1 Å². The summed E-state index contributed by atoms with van der Waals surface area (Å²) >= 11 is 7.05. The van der Waals surface area contributed by atoms with Crippen LogP contribution < -0.4 is 0 Å². The lowest BCUT2D eigenvalue weighted by Crippen LogP contribution is -2.62. The van der Waals surface area contributed by atoms with Crippen LogP contribution in [0.4, 0.5) is 0 Å². The number of aliphatic hydroxyl groups is 1. The van der Waals surface area contributed by atoms with Crippen molar-refractivity contribution in [3.63, 3.8) is 0 Å². The Bertz CT molecular complexity index is 862. The number of Topliss-reactive ketones (excluding diaryl/α,β-unsaturated/α-hetero) is 1. The van der Waals surface area contributed by atoms with E-state index in [1.165, 1.54) is 6.92 Å². The molecule has 0 aromatic carbocycles. The number of carbonyl (C=O) groups is 3. The molecule has 0 unspecified atom stereocenters. The molecule has 4 rings (SSSR count). The molecule has 0 saturated heterocycles. The van der Waals surface area contributed by atoms with Crippen LogP contribution in [0, 0.1) is 34.5 Å². The molecule has 5 nitrogen and oxygen atoms in total. The van der Waals surface area contributed by atoms with E-state index in [2.05, 4.69) is 6.92 Å². The van der Waals surface area contributed by atoms with Crippen molar-refractivity contribution in [2.45, 2.75) is 64.4 Å². The van der Waals surface area contributed by atoms with Gasteiger partial charge in [-0.25, -0.2) is 0 Å². The van der Waals surface area contributed by atoms with Crippen molar-refractivity contribution < 1.29 is 24.2 Å². The SMILES string of the molecule is CC(=O)OCC(=O)[C@@]1(O)[C@@H](C)C[C@H]2[C@@H]3CCC4=CC(=O)C=C[C@]4(C)[C@H]3[C@@H](Cl)C[C@@]21C. The lowest BCUT2D eigenvalue weighted by Gasteiger charge is -2.59. The number of ether oxygens (including phenoxy) is 1. The van der Waals surface area contributed by atoms with E-state index in [0.29, 0.717) is 6.42 Å². The number of carbonyl (C=O) groups excluding carboxylic acids is 3. The fourth-order valence-electron chi connectivity index (χ4n) is 7.46. The summed E-state index contributed by atoms with van der Waals surface area (Å²) in [6.45, 7) is 6.94. The maximum atomic E-state index is 13.1. The average Bonchev–Trinajstić information content (AvgIpc) is 2.87. The van der Waals surface area contributed by atoms with Gasteiger partial charge in [0.15, 0.2) is 12.4 Å². The van der Waals surface area contributed by atoms with E-state index in [0.717, 1.165) is 24.8 Å². The number of hydrogen-bond donors (Lipinski definition) is 1. The van der Waals surface area contributed by atoms with Crippen molar-refractivity contribution in [2.75, 3.05) is 6.61 Å². The highest BCUT2D eigenvalue weighted by molar-refractivity contribution is 6.21. The number of ketones is 2. The van der Waals surface area contributed by atoms with Crippen molar-refractivity contribution in [1.29, 1.82) is 0 Å². The van der Waals surface area contributed by atoms with Gasteiger partial charge in [-0.2, -0.15) is 0 Å². The first-order valence-electron chi connectivity index (χ1n) is 10.9. The predicted molar refractivity (Wildman–Crippen MR) is 113 cm³/mol. The number of hydrogen-bond acceptors (Lipinski definition) is 5. The molecular weight excluding hydrogens is 404 g/mol. The maximum Gasteiger partial charge on any atom is 0.303 e. The molecule has 0 heterocycles. The zero-order valence-electron chi connectivity index (χ0n) is 18.1. The topological polar surface area (TPSA) is 80.7 Å². The third kappa shape index (κ3) is 2.81. The van der Waals surface area contributed by atoms with Crippen molar-refractivity contribution in [3.8, 4) is 0 Å². The van der Waals surface area contributed by atoms with E-state index >= 15 is 0 Å². The Morgan fingerprint density at radius 2 is 2.03 bits per heavy atom. The maximum absolute atomic E-state index is 13.1. The molecule has 0 amide bonds. The molecule has 4 aliphatic rings. The molecule has 0 radical (unpaired) electrons. The molecule has 0 bridgehead atoms. The normalized spacial score (nSPS) is 47.1. The standard InChI is InChI=1S/C24H31ClO5/c1-13-9-18-17-6-5-15-10-16(27)7-8-22(15,3)21(17)19(25)11-23(18,4)24(13,29)20(28)12-30-14(2)26/h7-8,10,13,17-19,21,29H,5-6,9,11-12H2,1-4H3/t13-,17-,18-,19-,21+,22-,23-,24-/m0/s1. The molecule has 164 valence electrons. The summed E-state index contributed by atoms with van der Waals surface area (Å²) in [5.74, 6) is -0.620. The Morgan fingerprint density at radius 3 is 2.70 bits per heavy atom. The third-order valence-electron chi connectivity index (χ3n) is 8.87. The Hall–Kier alpha value is -1.46. The van der Waals surface area contributed by atoms with E-state index in [1.54, 1.807) is 12.2 Å². The predicted octanol–water partition coefficient (Wildman–Crippen LogP) is 3.62. The van der Waals surface area contributed by atoms with Crippen molar-refractivity contribution >= 4 is 29.1 Å². The van der Waals surface area contributed by atoms with Gasteiger partial charge in [0.1, 0.15) is 5.60 Å². The van der Waals surface area contributed by atoms with Gasteiger partial charge in [0, 0.05) is 23.1 Å². The lowest BCUT2D eigenvalue weighted by molar-refractivity contribution is -0.173. The summed E-state index contributed by atoms with van der Waals surface area (Å²) in [5, 5.41) is 11.5. The van der Waals surface area contributed by atoms with E-state index in [4.69, 9.17) is 16.3 Å². The Morgan fingerprint density at radius 1 is 1.33 bits per heavy atom. The summed E-state index contributed by atoms with van der Waals surface area (Å²) < 4.78 is 4.95. The zero-order chi connectivity index (χ0) is 22.1. The molecule has 0 aromatic rings. The molecule has 8 atom stereocenters. The van der Waals surface area contributed by atoms with Crippen LogP contribution in [0.2, 0.25) is 0 Å². The highest BCUT2D eigenvalue weighted by Crippen LogP contribution is 2.69. The molecule has 3 saturated carbocycles. The van der Waals surface area contributed by atoms with Crippen LogP contribution in [0.1, 0.15) is 53.4 Å². The largest absolute Gasteiger partial charge is 0.458 e. The first-order valence-corrected chi connectivity index (χ1v) is 11.4. The smallest absolute Gasteiger partial charge is 0.303 e. The van der Waals surface area contributed by atoms with Crippen molar-refractivity contribution in [2.24, 2.45) is 34.5 Å². The van der Waals surface area contributed by atoms with E-state index in [9.17, 15) is 19.5 Å². The summed E-state index contributed by atoms with van der Waals surface area (Å²) in [4.78, 5) is 36.3. The molecule has 3 fully saturated rings. The first-order chi connectivity index (χ1) is 13.9. The Kier molecular flexibility index (Phi) is 5.10. The fraction of sp³-hybridized carbons (Fsp3) is 0.708. The molecule has 0 spiro atoms. The van der Waals surface area contributed by atoms with Crippen molar-refractivity contribution in [3.05, 3.63) is 23.8 Å². The minimum absolute atomic E-state index is 0.0348. The number of allylic oxidation sites excluding steroid dienone is 4. The van der Waals surface area contributed by atoms with Gasteiger partial charge in [-0.15, -0.1) is 11.6 Å². The molecule has 0 aliphatic heterocycles. The van der Waals surface area contributed by atoms with Crippen LogP contribution in [0.5, 0.6) is 0 Å². The van der Waals surface area contributed by atoms with E-state index in [1.807, 2.05) is 19.9 Å². The van der Waals surface area contributed by atoms with Crippen molar-refractivity contribution in [1.82, 2.24) is 0 Å². The fourth-order valence-corrected chi connectivity index (χ4v) is 8.23. The second-order valence-corrected chi connectivity index (χ2v) is 10.8. The van der Waals surface area contributed by atoms with Crippen LogP contribution in [0.25, 0.3) is 0 Å². The van der Waals surface area contributed by atoms with Gasteiger partial charge in [-0.1, -0.05) is 32.4 Å². The molecule has 4 aliphatic carbocycles. The summed E-state index contributed by atoms with van der Waals surface area (Å²) in [5.41, 5.74) is -1.36. The van der Waals surface area contributed by atoms with Gasteiger partial charge in [0.05, 0.1) is 0 Å². The highest BCUT2D eigenvalue weighted by atomic mass is 35.5. The minimum Gasteiger partial charge on any atom is -0.458 e. The van der Waals surface area contributed by atoms with E-state index in [-0.39, 0.29) is 40.2 Å². The molecule has 0 aromatic heterocycles. The first kappa shape index (κ1) is 21.8. The average molecular weight is 435 g/mol. The second kappa shape index (κ2) is 7.03. The summed E-state index contributed by atoms with van der Waals surface area (Å²) in [6.07, 6.45) is 8.42. The van der Waals surface area contributed by atoms with Gasteiger partial charge in [-0.05, 0) is 61.5 Å². The highest BCUT2D eigenvalue weighted by Gasteiger charge is 2.70. The summed E-state index contributed by atoms with van der Waals surface area (Å²) in [7, 11) is 0. The molecular formula is C24H31ClO5. The molecule has 30 heavy (non-hydrogen) atoms. The van der Waals surface area contributed by atoms with Crippen LogP contribution in [0.3, 0.4) is 0 Å². The van der Waals surface area contributed by atoms with E-state index < -0.39 is 29.4 Å². The number of fused-ring (bicyclic) bond motifs is 5. The molecule has 1 N–H and O–H groups in total. The quantitative estimate of drug-likeness (QED) is 0.542. The monoisotopic (exact) mass is 434 g/mol. The third-order valence-corrected chi connectivity index (χ3v) is 9.30. The molecule has 6 heteroatoms. The summed E-state index contributed by atoms with van der Waals surface area (Å²) in [6, 6.07) is 0. The number of rotatable bonds is 3. The number of esters is 1. The van der Waals surface area contributed by atoms with Crippen LogP contribution in [-0.4, -0.2) is 40.2 Å². The minimum atomic E-state index is -1.57. The van der Waals surface area contributed by atoms with Gasteiger partial charge in [0.2, 0.25) is 5.78 Å². The second-order valence-electron chi connectivity index (χ2n) is 10.3. The Balaban J connectivity index is 1.70. The van der Waals surface area contributed by atoms with Gasteiger partial charge in [0.25, 0.3) is 0 Å². The van der Waals surface area contributed by atoms with Crippen LogP contribution >= 0.6 is 11.6 Å². The van der Waals surface area contributed by atoms with Gasteiger partial charge in [-0.3, -0.25) is 14.4 Å². The van der Waals surface area contributed by atoms with Gasteiger partial charge < -0.3 is 9.84 Å².